The lowest BCUT2D eigenvalue weighted by atomic mass is 10.1. The van der Waals surface area contributed by atoms with Crippen molar-refractivity contribution < 1.29 is 127 Å². The summed E-state index contributed by atoms with van der Waals surface area (Å²) in [5.74, 6) is 8.76. The van der Waals surface area contributed by atoms with Gasteiger partial charge in [-0.15, -0.1) is 0 Å². The van der Waals surface area contributed by atoms with E-state index < -0.39 is 5.43 Å². The molecule has 12 aromatic rings. The molecule has 0 aliphatic carbocycles. The smallest absolute Gasteiger partial charge is 0.239 e. The van der Waals surface area contributed by atoms with Crippen LogP contribution in [0.4, 0.5) is 0 Å². The zero-order valence-corrected chi connectivity index (χ0v) is 67.0. The van der Waals surface area contributed by atoms with Crippen LogP contribution in [0.15, 0.2) is 140 Å². The lowest BCUT2D eigenvalue weighted by Gasteiger charge is -2.19. The highest BCUT2D eigenvalue weighted by molar-refractivity contribution is 5.99. The molecule has 31 nitrogen and oxygen atoms in total. The van der Waals surface area contributed by atoms with Crippen LogP contribution in [0.1, 0.15) is 0 Å². The van der Waals surface area contributed by atoms with Crippen molar-refractivity contribution in [1.82, 2.24) is 0 Å². The average Bonchev–Trinajstić information content (AvgIpc) is 0.715. The molecule has 0 aliphatic heterocycles. The summed E-state index contributed by atoms with van der Waals surface area (Å²) in [4.78, 5) is 52.2. The number of hydrogen-bond donors (Lipinski definition) is 0. The first kappa shape index (κ1) is 84.0. The third kappa shape index (κ3) is 15.9. The molecule has 4 heterocycles. The second kappa shape index (κ2) is 37.6. The molecule has 0 saturated carbocycles. The summed E-state index contributed by atoms with van der Waals surface area (Å²) >= 11 is 0. The summed E-state index contributed by atoms with van der Waals surface area (Å²) in [5.41, 5.74) is 1.92. The number of hydrogen-bond acceptors (Lipinski definition) is 31. The van der Waals surface area contributed by atoms with Crippen molar-refractivity contribution in [2.75, 3.05) is 164 Å². The minimum absolute atomic E-state index is 0.0210. The minimum atomic E-state index is -0.468. The van der Waals surface area contributed by atoms with Gasteiger partial charge in [0.2, 0.25) is 68.7 Å². The van der Waals surface area contributed by atoms with Gasteiger partial charge in [-0.1, -0.05) is 0 Å². The number of benzene rings is 8. The lowest BCUT2D eigenvalue weighted by Crippen LogP contribution is -2.11. The monoisotopic (exact) mass is 1580 g/mol. The van der Waals surface area contributed by atoms with E-state index in [1.54, 1.807) is 106 Å². The van der Waals surface area contributed by atoms with E-state index in [2.05, 4.69) is 0 Å². The number of ether oxygens (including phenoxy) is 23. The highest BCUT2D eigenvalue weighted by atomic mass is 16.6. The third-order valence-electron chi connectivity index (χ3n) is 17.7. The summed E-state index contributed by atoms with van der Waals surface area (Å²) < 4.78 is 148. The maximum absolute atomic E-state index is 13.5. The topological polar surface area (TPSA) is 333 Å². The summed E-state index contributed by atoms with van der Waals surface area (Å²) in [6.07, 6.45) is 0. The first-order valence-electron chi connectivity index (χ1n) is 33.9. The largest absolute Gasteiger partial charge is 0.497 e. The molecule has 0 unspecified atom stereocenters. The van der Waals surface area contributed by atoms with Crippen LogP contribution in [0.3, 0.4) is 0 Å². The van der Waals surface area contributed by atoms with Crippen LogP contribution in [-0.4, -0.2) is 164 Å². The molecule has 8 aromatic carbocycles. The zero-order valence-electron chi connectivity index (χ0n) is 67.0. The summed E-state index contributed by atoms with van der Waals surface area (Å²) in [6, 6.07) is 28.5. The molecule has 0 fully saturated rings. The molecule has 31 heteroatoms. The fraction of sp³-hybridized carbons (Fsp3) is 0.277. The van der Waals surface area contributed by atoms with Crippen molar-refractivity contribution in [3.63, 3.8) is 0 Å². The van der Waals surface area contributed by atoms with Gasteiger partial charge in [-0.3, -0.25) is 19.2 Å². The number of rotatable bonds is 27. The number of methoxy groups -OCH3 is 23. The normalized spacial score (nSPS) is 10.6. The Morgan fingerprint density at radius 2 is 0.474 bits per heavy atom. The highest BCUT2D eigenvalue weighted by Crippen LogP contribution is 2.55. The van der Waals surface area contributed by atoms with Crippen LogP contribution in [0.2, 0.25) is 0 Å². The molecule has 0 amide bonds. The van der Waals surface area contributed by atoms with E-state index in [0.717, 1.165) is 0 Å². The molecule has 12 rings (SSSR count). The van der Waals surface area contributed by atoms with Crippen LogP contribution in [0.25, 0.3) is 89.2 Å². The lowest BCUT2D eigenvalue weighted by molar-refractivity contribution is 0.306. The Bertz CT molecular complexity index is 5720. The molecule has 0 bridgehead atoms. The predicted octanol–water partition coefficient (Wildman–Crippen LogP) is 14.0. The van der Waals surface area contributed by atoms with Gasteiger partial charge in [0.25, 0.3) is 0 Å². The molecule has 0 saturated heterocycles. The Hall–Kier alpha value is -14.0. The Morgan fingerprint density at radius 1 is 0.193 bits per heavy atom. The van der Waals surface area contributed by atoms with Gasteiger partial charge in [-0.05, 0) is 78.9 Å². The van der Waals surface area contributed by atoms with Crippen molar-refractivity contribution in [3.8, 4) is 178 Å². The predicted molar refractivity (Wildman–Crippen MR) is 422 cm³/mol. The fourth-order valence-corrected chi connectivity index (χ4v) is 12.4. The summed E-state index contributed by atoms with van der Waals surface area (Å²) in [6.45, 7) is 0. The average molecular weight is 1580 g/mol. The van der Waals surface area contributed by atoms with Crippen molar-refractivity contribution in [2.24, 2.45) is 0 Å². The van der Waals surface area contributed by atoms with Crippen molar-refractivity contribution >= 4 is 43.9 Å². The summed E-state index contributed by atoms with van der Waals surface area (Å²) in [7, 11) is 34.0. The second-order valence-corrected chi connectivity index (χ2v) is 23.2. The van der Waals surface area contributed by atoms with Gasteiger partial charge in [-0.25, -0.2) is 0 Å². The molecule has 114 heavy (non-hydrogen) atoms. The van der Waals surface area contributed by atoms with Crippen LogP contribution in [-0.2, 0) is 0 Å². The molecule has 0 atom stereocenters. The first-order chi connectivity index (χ1) is 55.2. The van der Waals surface area contributed by atoms with Gasteiger partial charge in [0, 0.05) is 46.5 Å². The quantitative estimate of drug-likeness (QED) is 0.0461. The van der Waals surface area contributed by atoms with Gasteiger partial charge in [-0.2, -0.15) is 0 Å². The van der Waals surface area contributed by atoms with E-state index in [1.807, 2.05) is 0 Å². The second-order valence-electron chi connectivity index (χ2n) is 23.2. The Kier molecular flexibility index (Phi) is 27.7. The van der Waals surface area contributed by atoms with Crippen molar-refractivity contribution in [3.05, 3.63) is 144 Å². The standard InChI is InChI=1S/C22H24O9.C21H22O8.2C20H20O7/c1-24-12-9-8-11(10-13(12)25-2)16-19(27-4)15(23)14-17(26-3)20(28-5)22(30-7)21(29-6)18(14)31-16;1-23-13-8-7-11(9-15(13)24-2)14-10-12(22)16-17(25-3)19(26-4)21(28-6)20(27-5)18(16)29-14;1-22-12-8-6-11(7-9-12)14-10-13(21)15-16(23-2)18(24-3)20(26-5)19(25-4)17(15)27-14;1-22-13-7-6-11(8-15(13)23-2)14-9-12(21)18-16(24-3)10-17(25-4)19(26-5)20(18)27-14/h8-10H,1-7H3;7-10H,1-6H3;2*6-10H,1-5H3. The van der Waals surface area contributed by atoms with E-state index >= 15 is 0 Å². The first-order valence-corrected chi connectivity index (χ1v) is 33.9. The zero-order chi connectivity index (χ0) is 82.9. The van der Waals surface area contributed by atoms with Gasteiger partial charge >= 0.3 is 0 Å². The van der Waals surface area contributed by atoms with E-state index in [9.17, 15) is 19.2 Å². The fourth-order valence-electron chi connectivity index (χ4n) is 12.4. The SMILES string of the molecule is COc1ccc(-c2cc(=O)c3c(OC)c(OC)c(OC)c(OC)c3o2)cc1.COc1ccc(-c2cc(=O)c3c(OC)c(OC)c(OC)c(OC)c3o2)cc1OC.COc1ccc(-c2cc(=O)c3c(OC)cc(OC)c(OC)c3o2)cc1OC.COc1ccc(-c2oc3c(OC)c(OC)c(OC)c(OC)c3c(=O)c2OC)cc1OC. The summed E-state index contributed by atoms with van der Waals surface area (Å²) in [5, 5.41) is 0.771. The van der Waals surface area contributed by atoms with Crippen LogP contribution >= 0.6 is 0 Å². The molecule has 0 radical (unpaired) electrons. The molecular weight excluding hydrogens is 1490 g/mol. The molecule has 0 spiro atoms. The molecule has 604 valence electrons. The van der Waals surface area contributed by atoms with Gasteiger partial charge < -0.3 is 127 Å². The van der Waals surface area contributed by atoms with Gasteiger partial charge in [0.1, 0.15) is 50.3 Å². The van der Waals surface area contributed by atoms with Crippen molar-refractivity contribution in [1.29, 1.82) is 0 Å². The minimum Gasteiger partial charge on any atom is -0.497 e. The van der Waals surface area contributed by atoms with Crippen LogP contribution < -0.4 is 131 Å². The van der Waals surface area contributed by atoms with E-state index in [0.29, 0.717) is 97.0 Å². The molecular formula is C83H86O31. The molecule has 0 aliphatic rings. The number of fused-ring (bicyclic) bond motifs is 4. The Balaban J connectivity index is 0.000000174. The molecule has 4 aromatic heterocycles. The maximum Gasteiger partial charge on any atom is 0.239 e. The Labute approximate surface area is 652 Å². The van der Waals surface area contributed by atoms with Crippen molar-refractivity contribution in [2.45, 2.75) is 0 Å². The van der Waals surface area contributed by atoms with E-state index in [1.165, 1.54) is 160 Å². The maximum atomic E-state index is 13.5. The van der Waals surface area contributed by atoms with Gasteiger partial charge in [0.05, 0.1) is 164 Å². The third-order valence-corrected chi connectivity index (χ3v) is 17.7. The Morgan fingerprint density at radius 3 is 0.807 bits per heavy atom. The van der Waals surface area contributed by atoms with Gasteiger partial charge in [0.15, 0.2) is 102 Å². The van der Waals surface area contributed by atoms with E-state index in [4.69, 9.17) is 127 Å². The molecule has 0 N–H and O–H groups in total. The van der Waals surface area contributed by atoms with Crippen LogP contribution in [0, 0.1) is 0 Å². The highest BCUT2D eigenvalue weighted by Gasteiger charge is 2.33. The van der Waals surface area contributed by atoms with E-state index in [-0.39, 0.29) is 141 Å². The van der Waals surface area contributed by atoms with Crippen LogP contribution in [0.5, 0.6) is 132 Å².